The molecule has 0 N–H and O–H groups in total. The molecule has 0 aliphatic rings. The molecule has 0 heterocycles. The second-order valence-corrected chi connectivity index (χ2v) is 4.48. The molecular weight excluding hydrogens is 240 g/mol. The highest BCUT2D eigenvalue weighted by Crippen LogP contribution is 2.17. The average molecular weight is 255 g/mol. The van der Waals surface area contributed by atoms with E-state index in [-0.39, 0.29) is 11.7 Å². The predicted octanol–water partition coefficient (Wildman–Crippen LogP) is 4.07. The molecule has 0 saturated carbocycles. The number of benzene rings is 1. The zero-order valence-corrected chi connectivity index (χ0v) is 10.2. The van der Waals surface area contributed by atoms with Crippen LogP contribution in [0.15, 0.2) is 28.7 Å². The maximum absolute atomic E-state index is 11.9. The highest BCUT2D eigenvalue weighted by atomic mass is 79.9. The largest absolute Gasteiger partial charge is 0.294 e. The molecule has 0 spiro atoms. The van der Waals surface area contributed by atoms with Gasteiger partial charge in [0.1, 0.15) is 0 Å². The quantitative estimate of drug-likeness (QED) is 0.741. The normalized spacial score (nSPS) is 12.5. The molecule has 1 aromatic carbocycles. The van der Waals surface area contributed by atoms with Crippen LogP contribution in [0.5, 0.6) is 0 Å². The van der Waals surface area contributed by atoms with Crippen LogP contribution in [-0.4, -0.2) is 5.78 Å². The lowest BCUT2D eigenvalue weighted by molar-refractivity contribution is 0.0923. The minimum atomic E-state index is 0.134. The van der Waals surface area contributed by atoms with Crippen molar-refractivity contribution in [2.24, 2.45) is 5.92 Å². The van der Waals surface area contributed by atoms with Crippen LogP contribution in [0, 0.1) is 5.92 Å². The zero-order chi connectivity index (χ0) is 10.6. The molecule has 1 atom stereocenters. The lowest BCUT2D eigenvalue weighted by Gasteiger charge is -2.08. The van der Waals surface area contributed by atoms with Crippen molar-refractivity contribution in [2.75, 3.05) is 0 Å². The Hall–Kier alpha value is -0.630. The number of carbonyl (C=O) groups is 1. The van der Waals surface area contributed by atoms with Crippen molar-refractivity contribution < 1.29 is 4.79 Å². The molecule has 2 heteroatoms. The fourth-order valence-corrected chi connectivity index (χ4v) is 1.89. The molecule has 76 valence electrons. The molecular formula is C12H15BrO. The van der Waals surface area contributed by atoms with Gasteiger partial charge in [0.2, 0.25) is 0 Å². The van der Waals surface area contributed by atoms with E-state index in [0.717, 1.165) is 22.9 Å². The first-order chi connectivity index (χ1) is 6.65. The zero-order valence-electron chi connectivity index (χ0n) is 8.59. The summed E-state index contributed by atoms with van der Waals surface area (Å²) in [5.41, 5.74) is 0.806. The van der Waals surface area contributed by atoms with Crippen molar-refractivity contribution >= 4 is 21.7 Å². The summed E-state index contributed by atoms with van der Waals surface area (Å²) in [5, 5.41) is 0. The summed E-state index contributed by atoms with van der Waals surface area (Å²) in [7, 11) is 0. The van der Waals surface area contributed by atoms with Gasteiger partial charge in [-0.3, -0.25) is 4.79 Å². The first-order valence-corrected chi connectivity index (χ1v) is 5.74. The Kier molecular flexibility index (Phi) is 4.33. The Balaban J connectivity index is 2.78. The molecule has 1 nitrogen and oxygen atoms in total. The number of rotatable bonds is 4. The van der Waals surface area contributed by atoms with Crippen LogP contribution in [0.3, 0.4) is 0 Å². The lowest BCUT2D eigenvalue weighted by Crippen LogP contribution is -2.10. The molecule has 0 radical (unpaired) electrons. The van der Waals surface area contributed by atoms with Gasteiger partial charge in [0, 0.05) is 16.0 Å². The van der Waals surface area contributed by atoms with Gasteiger partial charge in [-0.2, -0.15) is 0 Å². The highest BCUT2D eigenvalue weighted by Gasteiger charge is 2.13. The average Bonchev–Trinajstić information content (AvgIpc) is 2.17. The summed E-state index contributed by atoms with van der Waals surface area (Å²) < 4.78 is 0.965. The Morgan fingerprint density at radius 1 is 1.50 bits per heavy atom. The topological polar surface area (TPSA) is 17.1 Å². The Bertz CT molecular complexity index is 320. The molecule has 1 unspecified atom stereocenters. The number of hydrogen-bond donors (Lipinski definition) is 0. The molecule has 1 aromatic rings. The number of halogens is 1. The fourth-order valence-electron chi connectivity index (χ4n) is 1.49. The molecule has 14 heavy (non-hydrogen) atoms. The van der Waals surface area contributed by atoms with Crippen LogP contribution in [0.1, 0.15) is 37.0 Å². The standard InChI is InChI=1S/C12H15BrO/c1-3-5-9(2)12(14)10-6-4-7-11(13)8-10/h4,6-9H,3,5H2,1-2H3. The fraction of sp³-hybridized carbons (Fsp3) is 0.417. The summed E-state index contributed by atoms with van der Waals surface area (Å²) >= 11 is 3.37. The molecule has 0 aliphatic heterocycles. The van der Waals surface area contributed by atoms with E-state index < -0.39 is 0 Å². The van der Waals surface area contributed by atoms with Crippen molar-refractivity contribution in [1.82, 2.24) is 0 Å². The van der Waals surface area contributed by atoms with Gasteiger partial charge in [0.05, 0.1) is 0 Å². The molecule has 0 aliphatic carbocycles. The van der Waals surface area contributed by atoms with Crippen LogP contribution < -0.4 is 0 Å². The van der Waals surface area contributed by atoms with Crippen LogP contribution >= 0.6 is 15.9 Å². The van der Waals surface area contributed by atoms with Crippen molar-refractivity contribution in [1.29, 1.82) is 0 Å². The van der Waals surface area contributed by atoms with Gasteiger partial charge in [-0.15, -0.1) is 0 Å². The van der Waals surface area contributed by atoms with E-state index in [0.29, 0.717) is 0 Å². The van der Waals surface area contributed by atoms with E-state index >= 15 is 0 Å². The molecule has 1 rings (SSSR count). The van der Waals surface area contributed by atoms with E-state index in [1.807, 2.05) is 31.2 Å². The van der Waals surface area contributed by atoms with Gasteiger partial charge in [-0.05, 0) is 18.6 Å². The van der Waals surface area contributed by atoms with E-state index in [2.05, 4.69) is 22.9 Å². The summed E-state index contributed by atoms with van der Waals surface area (Å²) in [4.78, 5) is 11.9. The summed E-state index contributed by atoms with van der Waals surface area (Å²) in [5.74, 6) is 0.377. The Morgan fingerprint density at radius 3 is 2.79 bits per heavy atom. The van der Waals surface area contributed by atoms with Crippen LogP contribution in [0.2, 0.25) is 0 Å². The minimum absolute atomic E-state index is 0.134. The van der Waals surface area contributed by atoms with Crippen molar-refractivity contribution in [3.8, 4) is 0 Å². The van der Waals surface area contributed by atoms with Gasteiger partial charge >= 0.3 is 0 Å². The number of hydrogen-bond acceptors (Lipinski definition) is 1. The van der Waals surface area contributed by atoms with E-state index in [9.17, 15) is 4.79 Å². The summed E-state index contributed by atoms with van der Waals surface area (Å²) in [6.45, 7) is 4.09. The predicted molar refractivity (Wildman–Crippen MR) is 62.5 cm³/mol. The van der Waals surface area contributed by atoms with Gasteiger partial charge < -0.3 is 0 Å². The van der Waals surface area contributed by atoms with Crippen molar-refractivity contribution in [3.05, 3.63) is 34.3 Å². The van der Waals surface area contributed by atoms with Gasteiger partial charge in [0.15, 0.2) is 5.78 Å². The van der Waals surface area contributed by atoms with Crippen LogP contribution in [0.25, 0.3) is 0 Å². The third-order valence-corrected chi connectivity index (χ3v) is 2.77. The molecule has 0 saturated heterocycles. The van der Waals surface area contributed by atoms with E-state index in [1.54, 1.807) is 0 Å². The number of ketones is 1. The number of carbonyl (C=O) groups excluding carboxylic acids is 1. The monoisotopic (exact) mass is 254 g/mol. The highest BCUT2D eigenvalue weighted by molar-refractivity contribution is 9.10. The van der Waals surface area contributed by atoms with Gasteiger partial charge in [-0.1, -0.05) is 48.3 Å². The van der Waals surface area contributed by atoms with E-state index in [4.69, 9.17) is 0 Å². The first kappa shape index (κ1) is 11.4. The van der Waals surface area contributed by atoms with Crippen LogP contribution in [0.4, 0.5) is 0 Å². The number of Topliss-reactive ketones (excluding diaryl/α,β-unsaturated/α-hetero) is 1. The van der Waals surface area contributed by atoms with Crippen molar-refractivity contribution in [2.45, 2.75) is 26.7 Å². The maximum Gasteiger partial charge on any atom is 0.165 e. The third-order valence-electron chi connectivity index (χ3n) is 2.28. The summed E-state index contributed by atoms with van der Waals surface area (Å²) in [6.07, 6.45) is 2.02. The van der Waals surface area contributed by atoms with Gasteiger partial charge in [-0.25, -0.2) is 0 Å². The SMILES string of the molecule is CCCC(C)C(=O)c1cccc(Br)c1. The second kappa shape index (κ2) is 5.30. The molecule has 0 amide bonds. The Labute approximate surface area is 93.7 Å². The third kappa shape index (κ3) is 2.95. The summed E-state index contributed by atoms with van der Waals surface area (Å²) in [6, 6.07) is 7.59. The lowest BCUT2D eigenvalue weighted by atomic mass is 9.95. The van der Waals surface area contributed by atoms with Gasteiger partial charge in [0.25, 0.3) is 0 Å². The first-order valence-electron chi connectivity index (χ1n) is 4.95. The van der Waals surface area contributed by atoms with Crippen LogP contribution in [-0.2, 0) is 0 Å². The second-order valence-electron chi connectivity index (χ2n) is 3.56. The maximum atomic E-state index is 11.9. The van der Waals surface area contributed by atoms with E-state index in [1.165, 1.54) is 0 Å². The minimum Gasteiger partial charge on any atom is -0.294 e. The molecule has 0 aromatic heterocycles. The Morgan fingerprint density at radius 2 is 2.21 bits per heavy atom. The molecule has 0 fully saturated rings. The van der Waals surface area contributed by atoms with Crippen molar-refractivity contribution in [3.63, 3.8) is 0 Å². The smallest absolute Gasteiger partial charge is 0.165 e. The molecule has 0 bridgehead atoms.